The molecule has 3 heterocycles. The van der Waals surface area contributed by atoms with Crippen LogP contribution in [0.25, 0.3) is 16.9 Å². The van der Waals surface area contributed by atoms with Crippen LogP contribution in [0.1, 0.15) is 35.2 Å². The third kappa shape index (κ3) is 5.90. The van der Waals surface area contributed by atoms with E-state index >= 15 is 0 Å². The van der Waals surface area contributed by atoms with Crippen molar-refractivity contribution in [2.45, 2.75) is 38.2 Å². The highest BCUT2D eigenvalue weighted by Gasteiger charge is 2.34. The lowest BCUT2D eigenvalue weighted by Crippen LogP contribution is -2.53. The van der Waals surface area contributed by atoms with Gasteiger partial charge in [-0.05, 0) is 66.3 Å². The second-order valence-electron chi connectivity index (χ2n) is 11.7. The Kier molecular flexibility index (Phi) is 7.85. The summed E-state index contributed by atoms with van der Waals surface area (Å²) in [7, 11) is 0. The van der Waals surface area contributed by atoms with Crippen LogP contribution in [0, 0.1) is 0 Å². The van der Waals surface area contributed by atoms with Crippen molar-refractivity contribution in [2.24, 2.45) is 0 Å². The van der Waals surface area contributed by atoms with Crippen LogP contribution in [0.15, 0.2) is 91.4 Å². The summed E-state index contributed by atoms with van der Waals surface area (Å²) < 4.78 is 43.9. The van der Waals surface area contributed by atoms with Gasteiger partial charge in [-0.1, -0.05) is 48.5 Å². The molecule has 46 heavy (non-hydrogen) atoms. The molecular formula is C35H33F3N6O2. The molecule has 1 amide bonds. The number of nitrogens with zero attached hydrogens (tertiary/aromatic N) is 5. The molecule has 2 aromatic heterocycles. The maximum absolute atomic E-state index is 13.8. The molecule has 0 saturated carbocycles. The summed E-state index contributed by atoms with van der Waals surface area (Å²) in [5.74, 6) is 0.188. The first-order valence-electron chi connectivity index (χ1n) is 15.4. The molecule has 1 aliphatic carbocycles. The minimum Gasteiger partial charge on any atom is -0.406 e. The molecule has 0 spiro atoms. The third-order valence-electron chi connectivity index (χ3n) is 8.87. The van der Waals surface area contributed by atoms with Gasteiger partial charge in [0.05, 0.1) is 12.2 Å². The number of aryl methyl sites for hydroxylation is 2. The number of alkyl halides is 3. The van der Waals surface area contributed by atoms with Crippen molar-refractivity contribution in [1.29, 1.82) is 0 Å². The Morgan fingerprint density at radius 3 is 2.17 bits per heavy atom. The molecule has 236 valence electrons. The van der Waals surface area contributed by atoms with Crippen LogP contribution in [0.5, 0.6) is 5.75 Å². The summed E-state index contributed by atoms with van der Waals surface area (Å²) in [6.07, 6.45) is 2.17. The van der Waals surface area contributed by atoms with Crippen molar-refractivity contribution in [3.05, 3.63) is 114 Å². The van der Waals surface area contributed by atoms with Gasteiger partial charge in [-0.2, -0.15) is 0 Å². The number of anilines is 1. The number of carbonyl (C=O) groups excluding carboxylic acids is 1. The maximum Gasteiger partial charge on any atom is 0.573 e. The van der Waals surface area contributed by atoms with Gasteiger partial charge < -0.3 is 15.0 Å². The number of ether oxygens (including phenoxy) is 1. The zero-order valence-electron chi connectivity index (χ0n) is 25.2. The second kappa shape index (κ2) is 12.1. The lowest BCUT2D eigenvalue weighted by molar-refractivity contribution is -0.274. The van der Waals surface area contributed by atoms with Crippen LogP contribution in [0.2, 0.25) is 0 Å². The topological polar surface area (TPSA) is 75.0 Å². The average Bonchev–Trinajstić information content (AvgIpc) is 3.33. The first-order chi connectivity index (χ1) is 22.2. The van der Waals surface area contributed by atoms with Crippen LogP contribution < -0.4 is 10.1 Å². The van der Waals surface area contributed by atoms with E-state index < -0.39 is 12.4 Å². The van der Waals surface area contributed by atoms with Crippen LogP contribution in [-0.4, -0.2) is 68.7 Å². The van der Waals surface area contributed by atoms with E-state index in [9.17, 15) is 18.0 Å². The SMILES string of the molecule is CC(Nc1c(-c2ccc(OC(F)(F)F)cc2)nc2cnccn12)C(=O)N1CCN(C2c3ccccc3CCc3ccccc32)CC1. The summed E-state index contributed by atoms with van der Waals surface area (Å²) in [6.45, 7) is 4.49. The highest BCUT2D eigenvalue weighted by molar-refractivity contribution is 5.86. The Labute approximate surface area is 264 Å². The molecule has 0 bridgehead atoms. The summed E-state index contributed by atoms with van der Waals surface area (Å²) in [4.78, 5) is 27.0. The van der Waals surface area contributed by atoms with Crippen LogP contribution >= 0.6 is 0 Å². The predicted molar refractivity (Wildman–Crippen MR) is 168 cm³/mol. The van der Waals surface area contributed by atoms with Crippen molar-refractivity contribution in [2.75, 3.05) is 31.5 Å². The number of imidazole rings is 1. The highest BCUT2D eigenvalue weighted by Crippen LogP contribution is 2.37. The van der Waals surface area contributed by atoms with Gasteiger partial charge >= 0.3 is 6.36 Å². The fourth-order valence-electron chi connectivity index (χ4n) is 6.69. The van der Waals surface area contributed by atoms with Gasteiger partial charge in [-0.25, -0.2) is 4.98 Å². The number of nitrogens with one attached hydrogen (secondary N) is 1. The summed E-state index contributed by atoms with van der Waals surface area (Å²) >= 11 is 0. The van der Waals surface area contributed by atoms with E-state index in [0.29, 0.717) is 35.8 Å². The molecule has 1 unspecified atom stereocenters. The second-order valence-corrected chi connectivity index (χ2v) is 11.7. The van der Waals surface area contributed by atoms with E-state index in [2.05, 4.69) is 73.5 Å². The number of halogens is 3. The number of fused-ring (bicyclic) bond motifs is 3. The van der Waals surface area contributed by atoms with Gasteiger partial charge in [-0.3, -0.25) is 19.1 Å². The molecule has 1 aliphatic heterocycles. The number of carbonyl (C=O) groups is 1. The molecule has 0 radical (unpaired) electrons. The summed E-state index contributed by atoms with van der Waals surface area (Å²) in [5, 5.41) is 3.35. The normalized spacial score (nSPS) is 16.4. The smallest absolute Gasteiger partial charge is 0.406 e. The minimum absolute atomic E-state index is 0.0369. The van der Waals surface area contributed by atoms with Gasteiger partial charge in [-0.15, -0.1) is 13.2 Å². The number of piperazine rings is 1. The molecule has 11 heteroatoms. The molecule has 1 atom stereocenters. The van der Waals surface area contributed by atoms with Crippen molar-refractivity contribution in [3.63, 3.8) is 0 Å². The van der Waals surface area contributed by atoms with Gasteiger partial charge in [0.15, 0.2) is 5.65 Å². The first-order valence-corrected chi connectivity index (χ1v) is 15.4. The Bertz CT molecular complexity index is 1820. The minimum atomic E-state index is -4.78. The van der Waals surface area contributed by atoms with E-state index in [0.717, 1.165) is 25.9 Å². The molecule has 7 rings (SSSR count). The zero-order chi connectivity index (χ0) is 31.8. The molecule has 1 fully saturated rings. The van der Waals surface area contributed by atoms with Gasteiger partial charge in [0.2, 0.25) is 5.91 Å². The number of hydrogen-bond acceptors (Lipinski definition) is 6. The van der Waals surface area contributed by atoms with Crippen molar-refractivity contribution in [3.8, 4) is 17.0 Å². The molecule has 3 aromatic carbocycles. The van der Waals surface area contributed by atoms with Crippen LogP contribution in [0.4, 0.5) is 19.0 Å². The van der Waals surface area contributed by atoms with Crippen LogP contribution in [-0.2, 0) is 17.6 Å². The van der Waals surface area contributed by atoms with E-state index in [-0.39, 0.29) is 17.7 Å². The average molecular weight is 627 g/mol. The lowest BCUT2D eigenvalue weighted by atomic mass is 9.92. The molecule has 8 nitrogen and oxygen atoms in total. The quantitative estimate of drug-likeness (QED) is 0.245. The van der Waals surface area contributed by atoms with Gasteiger partial charge in [0, 0.05) is 44.1 Å². The van der Waals surface area contributed by atoms with Crippen LogP contribution in [0.3, 0.4) is 0 Å². The number of benzene rings is 3. The van der Waals surface area contributed by atoms with Crippen molar-refractivity contribution >= 4 is 17.4 Å². The Morgan fingerprint density at radius 1 is 0.913 bits per heavy atom. The molecule has 2 aliphatic rings. The highest BCUT2D eigenvalue weighted by atomic mass is 19.4. The molecule has 5 aromatic rings. The maximum atomic E-state index is 13.8. The van der Waals surface area contributed by atoms with E-state index in [1.807, 2.05) is 11.8 Å². The van der Waals surface area contributed by atoms with Crippen molar-refractivity contribution < 1.29 is 22.7 Å². The molecule has 1 N–H and O–H groups in total. The Balaban J connectivity index is 1.08. The summed E-state index contributed by atoms with van der Waals surface area (Å²) in [6, 6.07) is 22.5. The number of rotatable bonds is 6. The number of amides is 1. The van der Waals surface area contributed by atoms with Gasteiger partial charge in [0.1, 0.15) is 23.3 Å². The fraction of sp³-hybridized carbons (Fsp3) is 0.286. The van der Waals surface area contributed by atoms with E-state index in [4.69, 9.17) is 0 Å². The largest absolute Gasteiger partial charge is 0.573 e. The Hall–Kier alpha value is -4.90. The fourth-order valence-corrected chi connectivity index (χ4v) is 6.69. The van der Waals surface area contributed by atoms with Crippen molar-refractivity contribution in [1.82, 2.24) is 24.2 Å². The Morgan fingerprint density at radius 2 is 1.54 bits per heavy atom. The summed E-state index contributed by atoms with van der Waals surface area (Å²) in [5.41, 5.74) is 7.03. The molecular weight excluding hydrogens is 593 g/mol. The first kappa shape index (κ1) is 29.8. The standard InChI is InChI=1S/C35H33F3N6O2/c1-23(40-33-31(41-30-22-39-16-17-44(30)33)26-12-14-27(15-13-26)46-35(36,37)38)34(45)43-20-18-42(19-21-43)32-28-8-4-2-6-24(28)10-11-25-7-3-5-9-29(25)32/h2-9,12-17,22-23,32,40H,10-11,18-21H2,1H3. The van der Waals surface area contributed by atoms with Gasteiger partial charge in [0.25, 0.3) is 0 Å². The monoisotopic (exact) mass is 626 g/mol. The predicted octanol–water partition coefficient (Wildman–Crippen LogP) is 6.13. The lowest BCUT2D eigenvalue weighted by Gasteiger charge is -2.41. The molecule has 1 saturated heterocycles. The van der Waals surface area contributed by atoms with E-state index in [1.54, 1.807) is 23.0 Å². The number of aromatic nitrogens is 3. The van der Waals surface area contributed by atoms with E-state index in [1.165, 1.54) is 46.5 Å². The zero-order valence-corrected chi connectivity index (χ0v) is 25.2. The number of hydrogen-bond donors (Lipinski definition) is 1. The third-order valence-corrected chi connectivity index (χ3v) is 8.87.